The Kier molecular flexibility index (Phi) is 3.75. The molecule has 0 heterocycles. The highest BCUT2D eigenvalue weighted by atomic mass is 32.1. The molecule has 0 aliphatic heterocycles. The van der Waals surface area contributed by atoms with Crippen LogP contribution >= 0.6 is 12.6 Å². The van der Waals surface area contributed by atoms with E-state index in [1.165, 1.54) is 12.1 Å². The zero-order valence-electron chi connectivity index (χ0n) is 7.87. The molecule has 0 spiro atoms. The summed E-state index contributed by atoms with van der Waals surface area (Å²) in [6.45, 7) is 0. The first-order chi connectivity index (χ1) is 6.15. The molecule has 1 aromatic rings. The van der Waals surface area contributed by atoms with E-state index in [2.05, 4.69) is 17.5 Å². The van der Waals surface area contributed by atoms with Crippen LogP contribution in [0, 0.1) is 5.82 Å². The normalized spacial score (nSPS) is 13.3. The molecule has 0 amide bonds. The molecule has 0 aliphatic rings. The fourth-order valence-corrected chi connectivity index (χ4v) is 1.79. The Hall–Kier alpha value is -0.540. The summed E-state index contributed by atoms with van der Waals surface area (Å²) in [6.07, 6.45) is 0. The Labute approximate surface area is 84.0 Å². The van der Waals surface area contributed by atoms with Gasteiger partial charge in [0.1, 0.15) is 5.82 Å². The maximum atomic E-state index is 12.6. The van der Waals surface area contributed by atoms with E-state index < -0.39 is 0 Å². The number of benzene rings is 1. The molecule has 1 atom stereocenters. The summed E-state index contributed by atoms with van der Waals surface area (Å²) in [5.41, 5.74) is 1.10. The highest BCUT2D eigenvalue weighted by Crippen LogP contribution is 2.19. The van der Waals surface area contributed by atoms with Crippen LogP contribution in [-0.2, 0) is 0 Å². The first-order valence-electron chi connectivity index (χ1n) is 4.18. The van der Waals surface area contributed by atoms with Crippen molar-refractivity contribution in [2.24, 2.45) is 0 Å². The number of hydrogen-bond donors (Lipinski definition) is 1. The first-order valence-corrected chi connectivity index (χ1v) is 4.81. The molecule has 13 heavy (non-hydrogen) atoms. The summed E-state index contributed by atoms with van der Waals surface area (Å²) >= 11 is 4.26. The maximum Gasteiger partial charge on any atom is 0.123 e. The van der Waals surface area contributed by atoms with E-state index in [1.807, 2.05) is 14.1 Å². The van der Waals surface area contributed by atoms with Crippen molar-refractivity contribution < 1.29 is 4.39 Å². The topological polar surface area (TPSA) is 3.24 Å². The van der Waals surface area contributed by atoms with E-state index in [0.717, 1.165) is 11.3 Å². The summed E-state index contributed by atoms with van der Waals surface area (Å²) in [7, 11) is 3.98. The minimum absolute atomic E-state index is 0.194. The molecule has 0 fully saturated rings. The lowest BCUT2D eigenvalue weighted by atomic mass is 10.1. The predicted molar refractivity (Wildman–Crippen MR) is 56.7 cm³/mol. The number of rotatable bonds is 3. The van der Waals surface area contributed by atoms with Crippen LogP contribution in [-0.4, -0.2) is 24.7 Å². The molecule has 1 rings (SSSR count). The molecule has 0 saturated heterocycles. The van der Waals surface area contributed by atoms with Crippen molar-refractivity contribution in [3.05, 3.63) is 35.6 Å². The standard InChI is InChI=1S/C10H14FNS/c1-12(2)10(7-13)8-3-5-9(11)6-4-8/h3-6,10,13H,7H2,1-2H3. The lowest BCUT2D eigenvalue weighted by Crippen LogP contribution is -2.21. The second kappa shape index (κ2) is 4.63. The molecule has 0 aromatic heterocycles. The largest absolute Gasteiger partial charge is 0.302 e. The predicted octanol–water partition coefficient (Wildman–Crippen LogP) is 2.36. The molecule has 0 radical (unpaired) electrons. The zero-order valence-corrected chi connectivity index (χ0v) is 8.76. The Morgan fingerprint density at radius 3 is 2.23 bits per heavy atom. The van der Waals surface area contributed by atoms with Crippen LogP contribution in [0.5, 0.6) is 0 Å². The van der Waals surface area contributed by atoms with Gasteiger partial charge in [-0.25, -0.2) is 4.39 Å². The first kappa shape index (κ1) is 10.5. The molecule has 1 unspecified atom stereocenters. The SMILES string of the molecule is CN(C)C(CS)c1ccc(F)cc1. The monoisotopic (exact) mass is 199 g/mol. The molecule has 1 aromatic carbocycles. The molecular formula is C10H14FNS. The molecule has 72 valence electrons. The van der Waals surface area contributed by atoms with E-state index in [0.29, 0.717) is 0 Å². The number of nitrogens with zero attached hydrogens (tertiary/aromatic N) is 1. The van der Waals surface area contributed by atoms with Gasteiger partial charge in [0.25, 0.3) is 0 Å². The van der Waals surface area contributed by atoms with Crippen molar-refractivity contribution in [2.75, 3.05) is 19.8 Å². The summed E-state index contributed by atoms with van der Waals surface area (Å²) in [4.78, 5) is 2.07. The Morgan fingerprint density at radius 2 is 1.85 bits per heavy atom. The van der Waals surface area contributed by atoms with Crippen molar-refractivity contribution in [1.82, 2.24) is 4.90 Å². The Balaban J connectivity index is 2.86. The van der Waals surface area contributed by atoms with Gasteiger partial charge in [0.05, 0.1) is 0 Å². The second-order valence-electron chi connectivity index (χ2n) is 3.21. The quantitative estimate of drug-likeness (QED) is 0.731. The summed E-state index contributed by atoms with van der Waals surface area (Å²) in [5, 5.41) is 0. The average Bonchev–Trinajstić information content (AvgIpc) is 2.09. The fourth-order valence-electron chi connectivity index (χ4n) is 1.25. The molecule has 0 bridgehead atoms. The van der Waals surface area contributed by atoms with Crippen LogP contribution in [0.25, 0.3) is 0 Å². The minimum Gasteiger partial charge on any atom is -0.302 e. The van der Waals surface area contributed by atoms with Crippen LogP contribution < -0.4 is 0 Å². The summed E-state index contributed by atoms with van der Waals surface area (Å²) in [5.74, 6) is 0.541. The van der Waals surface area contributed by atoms with Gasteiger partial charge in [-0.15, -0.1) is 0 Å². The van der Waals surface area contributed by atoms with Crippen molar-refractivity contribution in [3.63, 3.8) is 0 Å². The molecule has 0 saturated carbocycles. The van der Waals surface area contributed by atoms with E-state index in [4.69, 9.17) is 0 Å². The molecule has 0 N–H and O–H groups in total. The molecule has 0 aliphatic carbocycles. The van der Waals surface area contributed by atoms with Crippen molar-refractivity contribution >= 4 is 12.6 Å². The number of hydrogen-bond acceptors (Lipinski definition) is 2. The van der Waals surface area contributed by atoms with Crippen molar-refractivity contribution in [2.45, 2.75) is 6.04 Å². The fraction of sp³-hybridized carbons (Fsp3) is 0.400. The van der Waals surface area contributed by atoms with Gasteiger partial charge in [0.2, 0.25) is 0 Å². The third kappa shape index (κ3) is 2.71. The van der Waals surface area contributed by atoms with Crippen molar-refractivity contribution in [3.8, 4) is 0 Å². The smallest absolute Gasteiger partial charge is 0.123 e. The minimum atomic E-state index is -0.194. The van der Waals surface area contributed by atoms with Crippen molar-refractivity contribution in [1.29, 1.82) is 0 Å². The Bertz CT molecular complexity index is 258. The third-order valence-electron chi connectivity index (χ3n) is 2.05. The van der Waals surface area contributed by atoms with Gasteiger partial charge in [-0.1, -0.05) is 12.1 Å². The van der Waals surface area contributed by atoms with Gasteiger partial charge in [-0.2, -0.15) is 12.6 Å². The average molecular weight is 199 g/mol. The molecular weight excluding hydrogens is 185 g/mol. The van der Waals surface area contributed by atoms with Crippen LogP contribution in [0.2, 0.25) is 0 Å². The second-order valence-corrected chi connectivity index (χ2v) is 3.58. The summed E-state index contributed by atoms with van der Waals surface area (Å²) < 4.78 is 12.6. The van der Waals surface area contributed by atoms with E-state index in [1.54, 1.807) is 12.1 Å². The summed E-state index contributed by atoms with van der Waals surface area (Å²) in [6, 6.07) is 6.82. The lowest BCUT2D eigenvalue weighted by molar-refractivity contribution is 0.326. The molecule has 1 nitrogen and oxygen atoms in total. The van der Waals surface area contributed by atoms with Gasteiger partial charge in [0, 0.05) is 11.8 Å². The van der Waals surface area contributed by atoms with Crippen LogP contribution in [0.15, 0.2) is 24.3 Å². The third-order valence-corrected chi connectivity index (χ3v) is 2.40. The zero-order chi connectivity index (χ0) is 9.84. The molecule has 3 heteroatoms. The maximum absolute atomic E-state index is 12.6. The van der Waals surface area contributed by atoms with Gasteiger partial charge >= 0.3 is 0 Å². The highest BCUT2D eigenvalue weighted by Gasteiger charge is 2.11. The van der Waals surface area contributed by atoms with Crippen LogP contribution in [0.4, 0.5) is 4.39 Å². The van der Waals surface area contributed by atoms with E-state index in [-0.39, 0.29) is 11.9 Å². The number of halogens is 1. The van der Waals surface area contributed by atoms with Crippen LogP contribution in [0.1, 0.15) is 11.6 Å². The van der Waals surface area contributed by atoms with Gasteiger partial charge in [-0.3, -0.25) is 0 Å². The highest BCUT2D eigenvalue weighted by molar-refractivity contribution is 7.80. The lowest BCUT2D eigenvalue weighted by Gasteiger charge is -2.22. The van der Waals surface area contributed by atoms with Gasteiger partial charge in [-0.05, 0) is 31.8 Å². The van der Waals surface area contributed by atoms with E-state index in [9.17, 15) is 4.39 Å². The van der Waals surface area contributed by atoms with Crippen LogP contribution in [0.3, 0.4) is 0 Å². The van der Waals surface area contributed by atoms with E-state index >= 15 is 0 Å². The van der Waals surface area contributed by atoms with Gasteiger partial charge < -0.3 is 4.90 Å². The Morgan fingerprint density at radius 1 is 1.31 bits per heavy atom. The van der Waals surface area contributed by atoms with Gasteiger partial charge in [0.15, 0.2) is 0 Å². The number of thiol groups is 1.